The number of anilines is 1. The quantitative estimate of drug-likeness (QED) is 0.365. The minimum Gasteiger partial charge on any atom is -0.409 e. The molecule has 21 heavy (non-hydrogen) atoms. The number of piperazine rings is 1. The van der Waals surface area contributed by atoms with Crippen LogP contribution in [0.1, 0.15) is 19.8 Å². The van der Waals surface area contributed by atoms with E-state index in [0.717, 1.165) is 24.6 Å². The topological polar surface area (TPSA) is 95.1 Å². The van der Waals surface area contributed by atoms with Gasteiger partial charge in [-0.05, 0) is 6.42 Å². The highest BCUT2D eigenvalue weighted by Gasteiger charge is 2.30. The summed E-state index contributed by atoms with van der Waals surface area (Å²) in [5.41, 5.74) is 5.65. The van der Waals surface area contributed by atoms with Crippen molar-refractivity contribution in [2.75, 3.05) is 31.1 Å². The standard InChI is InChI=1S/C13H21N5O2S/c1-2-3-10(11(14)16-20)12(19)17-5-7-18(8-6-17)13-15-4-9-21-13/h4,9-10,20H,2-3,5-8H2,1H3,(H2,14,16). The van der Waals surface area contributed by atoms with Crippen molar-refractivity contribution in [1.29, 1.82) is 0 Å². The third-order valence-electron chi connectivity index (χ3n) is 3.63. The van der Waals surface area contributed by atoms with E-state index in [-0.39, 0.29) is 11.7 Å². The number of nitrogens with zero attached hydrogens (tertiary/aromatic N) is 4. The summed E-state index contributed by atoms with van der Waals surface area (Å²) in [7, 11) is 0. The largest absolute Gasteiger partial charge is 0.409 e. The van der Waals surface area contributed by atoms with Gasteiger partial charge in [-0.1, -0.05) is 18.5 Å². The van der Waals surface area contributed by atoms with Crippen molar-refractivity contribution in [2.24, 2.45) is 16.8 Å². The Morgan fingerprint density at radius 1 is 1.52 bits per heavy atom. The molecule has 3 N–H and O–H groups in total. The summed E-state index contributed by atoms with van der Waals surface area (Å²) in [6.07, 6.45) is 3.19. The number of amidine groups is 1. The van der Waals surface area contributed by atoms with Crippen LogP contribution in [-0.2, 0) is 4.79 Å². The van der Waals surface area contributed by atoms with Crippen LogP contribution >= 0.6 is 11.3 Å². The molecule has 2 heterocycles. The second-order valence-electron chi connectivity index (χ2n) is 4.99. The van der Waals surface area contributed by atoms with Gasteiger partial charge in [0.15, 0.2) is 11.0 Å². The van der Waals surface area contributed by atoms with E-state index in [1.807, 2.05) is 12.3 Å². The van der Waals surface area contributed by atoms with Crippen molar-refractivity contribution >= 4 is 28.2 Å². The number of carbonyl (C=O) groups is 1. The molecule has 116 valence electrons. The fraction of sp³-hybridized carbons (Fsp3) is 0.615. The van der Waals surface area contributed by atoms with Gasteiger partial charge in [0, 0.05) is 37.8 Å². The minimum atomic E-state index is -0.522. The fourth-order valence-electron chi connectivity index (χ4n) is 2.47. The van der Waals surface area contributed by atoms with Gasteiger partial charge in [-0.25, -0.2) is 4.98 Å². The third kappa shape index (κ3) is 3.63. The summed E-state index contributed by atoms with van der Waals surface area (Å²) >= 11 is 1.60. The highest BCUT2D eigenvalue weighted by molar-refractivity contribution is 7.13. The van der Waals surface area contributed by atoms with Gasteiger partial charge >= 0.3 is 0 Å². The zero-order valence-corrected chi connectivity index (χ0v) is 12.9. The molecule has 7 nitrogen and oxygen atoms in total. The molecular formula is C13H21N5O2S. The molecule has 0 aliphatic carbocycles. The number of rotatable bonds is 5. The molecule has 1 amide bonds. The summed E-state index contributed by atoms with van der Waals surface area (Å²) in [6, 6.07) is 0. The van der Waals surface area contributed by atoms with Gasteiger partial charge in [0.05, 0.1) is 5.92 Å². The Hall–Kier alpha value is -1.83. The highest BCUT2D eigenvalue weighted by atomic mass is 32.1. The van der Waals surface area contributed by atoms with Crippen LogP contribution in [0.3, 0.4) is 0 Å². The molecule has 8 heteroatoms. The van der Waals surface area contributed by atoms with E-state index in [0.29, 0.717) is 19.5 Å². The van der Waals surface area contributed by atoms with Crippen LogP contribution in [0, 0.1) is 5.92 Å². The van der Waals surface area contributed by atoms with E-state index in [1.54, 1.807) is 22.4 Å². The Bertz CT molecular complexity index is 483. The SMILES string of the molecule is CCCC(C(=O)N1CCN(c2nccs2)CC1)C(N)=NO. The van der Waals surface area contributed by atoms with Crippen LogP contribution in [-0.4, -0.2) is 53.0 Å². The van der Waals surface area contributed by atoms with Crippen LogP contribution in [0.2, 0.25) is 0 Å². The number of carbonyl (C=O) groups excluding carboxylic acids is 1. The predicted molar refractivity (Wildman–Crippen MR) is 82.7 cm³/mol. The van der Waals surface area contributed by atoms with Crippen molar-refractivity contribution in [2.45, 2.75) is 19.8 Å². The van der Waals surface area contributed by atoms with Crippen molar-refractivity contribution < 1.29 is 10.0 Å². The summed E-state index contributed by atoms with van der Waals surface area (Å²) in [5, 5.41) is 14.8. The zero-order chi connectivity index (χ0) is 15.2. The van der Waals surface area contributed by atoms with E-state index in [9.17, 15) is 4.79 Å². The van der Waals surface area contributed by atoms with Gasteiger partial charge in [0.1, 0.15) is 0 Å². The number of amides is 1. The van der Waals surface area contributed by atoms with Crippen LogP contribution in [0.4, 0.5) is 5.13 Å². The Morgan fingerprint density at radius 3 is 2.76 bits per heavy atom. The lowest BCUT2D eigenvalue weighted by Crippen LogP contribution is -2.52. The minimum absolute atomic E-state index is 0.00389. The smallest absolute Gasteiger partial charge is 0.233 e. The Labute approximate surface area is 128 Å². The molecule has 1 aromatic heterocycles. The molecule has 2 rings (SSSR count). The number of nitrogens with two attached hydrogens (primary N) is 1. The lowest BCUT2D eigenvalue weighted by atomic mass is 10.0. The van der Waals surface area contributed by atoms with Crippen LogP contribution in [0.5, 0.6) is 0 Å². The maximum absolute atomic E-state index is 12.5. The molecule has 1 aliphatic rings. The van der Waals surface area contributed by atoms with Crippen molar-refractivity contribution in [3.05, 3.63) is 11.6 Å². The summed E-state index contributed by atoms with van der Waals surface area (Å²) in [6.45, 7) is 4.77. The van der Waals surface area contributed by atoms with E-state index >= 15 is 0 Å². The van der Waals surface area contributed by atoms with E-state index in [4.69, 9.17) is 10.9 Å². The first kappa shape index (κ1) is 15.6. The van der Waals surface area contributed by atoms with Gasteiger partial charge in [0.2, 0.25) is 5.91 Å². The molecule has 1 unspecified atom stereocenters. The van der Waals surface area contributed by atoms with Gasteiger partial charge in [-0.2, -0.15) is 0 Å². The fourth-order valence-corrected chi connectivity index (χ4v) is 3.16. The molecule has 0 spiro atoms. The molecule has 0 radical (unpaired) electrons. The van der Waals surface area contributed by atoms with Gasteiger partial charge in [-0.15, -0.1) is 11.3 Å². The van der Waals surface area contributed by atoms with Crippen LogP contribution < -0.4 is 10.6 Å². The Kier molecular flexibility index (Phi) is 5.38. The molecule has 0 aromatic carbocycles. The Morgan fingerprint density at radius 2 is 2.24 bits per heavy atom. The molecule has 1 fully saturated rings. The first-order valence-corrected chi connectivity index (χ1v) is 7.96. The van der Waals surface area contributed by atoms with Gasteiger partial charge in [0.25, 0.3) is 0 Å². The number of hydrogen-bond donors (Lipinski definition) is 2. The highest BCUT2D eigenvalue weighted by Crippen LogP contribution is 2.20. The summed E-state index contributed by atoms with van der Waals surface area (Å²) in [4.78, 5) is 20.8. The number of thiazole rings is 1. The van der Waals surface area contributed by atoms with E-state index < -0.39 is 5.92 Å². The molecule has 1 atom stereocenters. The Balaban J connectivity index is 1.95. The van der Waals surface area contributed by atoms with Crippen molar-refractivity contribution in [3.8, 4) is 0 Å². The molecule has 1 saturated heterocycles. The maximum Gasteiger partial charge on any atom is 0.233 e. The number of oxime groups is 1. The van der Waals surface area contributed by atoms with Crippen molar-refractivity contribution in [3.63, 3.8) is 0 Å². The average molecular weight is 311 g/mol. The molecular weight excluding hydrogens is 290 g/mol. The third-order valence-corrected chi connectivity index (χ3v) is 4.46. The second-order valence-corrected chi connectivity index (χ2v) is 5.87. The monoisotopic (exact) mass is 311 g/mol. The van der Waals surface area contributed by atoms with E-state index in [1.165, 1.54) is 0 Å². The predicted octanol–water partition coefficient (Wildman–Crippen LogP) is 0.954. The van der Waals surface area contributed by atoms with Crippen molar-refractivity contribution in [1.82, 2.24) is 9.88 Å². The number of hydrogen-bond acceptors (Lipinski definition) is 6. The zero-order valence-electron chi connectivity index (χ0n) is 12.1. The summed E-state index contributed by atoms with van der Waals surface area (Å²) < 4.78 is 0. The molecule has 0 bridgehead atoms. The lowest BCUT2D eigenvalue weighted by Gasteiger charge is -2.36. The average Bonchev–Trinajstić information content (AvgIpc) is 3.06. The molecule has 0 saturated carbocycles. The lowest BCUT2D eigenvalue weighted by molar-refractivity contribution is -0.133. The van der Waals surface area contributed by atoms with Crippen LogP contribution in [0.15, 0.2) is 16.7 Å². The molecule has 1 aliphatic heterocycles. The summed E-state index contributed by atoms with van der Waals surface area (Å²) in [5.74, 6) is -0.568. The first-order valence-electron chi connectivity index (χ1n) is 7.08. The first-order chi connectivity index (χ1) is 10.2. The molecule has 1 aromatic rings. The van der Waals surface area contributed by atoms with E-state index in [2.05, 4.69) is 15.0 Å². The van der Waals surface area contributed by atoms with Crippen LogP contribution in [0.25, 0.3) is 0 Å². The second kappa shape index (κ2) is 7.26. The van der Waals surface area contributed by atoms with Gasteiger partial charge in [-0.3, -0.25) is 4.79 Å². The normalized spacial score (nSPS) is 17.9. The number of aromatic nitrogens is 1. The van der Waals surface area contributed by atoms with Gasteiger partial charge < -0.3 is 20.7 Å². The maximum atomic E-state index is 12.5.